The van der Waals surface area contributed by atoms with Gasteiger partial charge in [-0.3, -0.25) is 19.7 Å². The molecule has 154 valence electrons. The molecule has 12 heteroatoms. The zero-order valence-electron chi connectivity index (χ0n) is 15.8. The first-order valence-electron chi connectivity index (χ1n) is 8.43. The molecular weight excluding hydrogens is 402 g/mol. The summed E-state index contributed by atoms with van der Waals surface area (Å²) in [5.41, 5.74) is 1.30. The van der Waals surface area contributed by atoms with Gasteiger partial charge in [0.2, 0.25) is 5.13 Å². The van der Waals surface area contributed by atoms with E-state index in [2.05, 4.69) is 24.7 Å². The van der Waals surface area contributed by atoms with Gasteiger partial charge in [-0.15, -0.1) is 10.2 Å². The highest BCUT2D eigenvalue weighted by molar-refractivity contribution is 7.18. The molecule has 0 fully saturated rings. The van der Waals surface area contributed by atoms with Gasteiger partial charge >= 0.3 is 16.9 Å². The van der Waals surface area contributed by atoms with Gasteiger partial charge in [0.25, 0.3) is 0 Å². The molecule has 0 saturated heterocycles. The molecule has 0 unspecified atom stereocenters. The molecule has 29 heavy (non-hydrogen) atoms. The van der Waals surface area contributed by atoms with E-state index in [0.29, 0.717) is 18.8 Å². The molecule has 0 aliphatic rings. The highest BCUT2D eigenvalue weighted by Crippen LogP contribution is 2.29. The Balaban J connectivity index is 2.07. The molecule has 0 spiro atoms. The monoisotopic (exact) mass is 421 g/mol. The maximum absolute atomic E-state index is 11.4. The first-order chi connectivity index (χ1) is 13.9. The number of anilines is 1. The van der Waals surface area contributed by atoms with Gasteiger partial charge in [-0.25, -0.2) is 4.98 Å². The average Bonchev–Trinajstić information content (AvgIpc) is 3.21. The lowest BCUT2D eigenvalue weighted by molar-refractivity contribution is -0.380. The van der Waals surface area contributed by atoms with Gasteiger partial charge in [0.15, 0.2) is 0 Å². The van der Waals surface area contributed by atoms with Crippen LogP contribution in [0.2, 0.25) is 0 Å². The van der Waals surface area contributed by atoms with Crippen molar-refractivity contribution in [1.82, 2.24) is 4.98 Å². The number of rotatable bonds is 10. The highest BCUT2D eigenvalue weighted by atomic mass is 32.1. The third-order valence-corrected chi connectivity index (χ3v) is 4.59. The summed E-state index contributed by atoms with van der Waals surface area (Å²) in [4.78, 5) is 38.7. The van der Waals surface area contributed by atoms with Crippen LogP contribution in [-0.2, 0) is 19.1 Å². The van der Waals surface area contributed by atoms with Crippen LogP contribution in [0.5, 0.6) is 0 Å². The number of esters is 2. The van der Waals surface area contributed by atoms with Gasteiger partial charge in [0, 0.05) is 18.8 Å². The molecule has 2 rings (SSSR count). The fourth-order valence-electron chi connectivity index (χ4n) is 2.24. The average molecular weight is 421 g/mol. The van der Waals surface area contributed by atoms with Crippen LogP contribution in [0, 0.1) is 10.1 Å². The summed E-state index contributed by atoms with van der Waals surface area (Å²) < 4.78 is 9.32. The van der Waals surface area contributed by atoms with Crippen LogP contribution in [0.25, 0.3) is 0 Å². The van der Waals surface area contributed by atoms with Crippen molar-refractivity contribution in [2.24, 2.45) is 10.2 Å². The number of nitrogens with zero attached hydrogens (tertiary/aromatic N) is 5. The molecule has 1 heterocycles. The first-order valence-corrected chi connectivity index (χ1v) is 9.25. The molecule has 0 atom stereocenters. The number of carbonyl (C=O) groups is 2. The molecule has 0 N–H and O–H groups in total. The van der Waals surface area contributed by atoms with Crippen LogP contribution < -0.4 is 4.90 Å². The largest absolute Gasteiger partial charge is 0.469 e. The van der Waals surface area contributed by atoms with E-state index in [-0.39, 0.29) is 34.9 Å². The van der Waals surface area contributed by atoms with E-state index < -0.39 is 4.92 Å². The zero-order chi connectivity index (χ0) is 21.2. The van der Waals surface area contributed by atoms with Crippen molar-refractivity contribution >= 4 is 44.8 Å². The Hall–Kier alpha value is -3.41. The molecule has 1 aromatic carbocycles. The minimum Gasteiger partial charge on any atom is -0.469 e. The Kier molecular flexibility index (Phi) is 8.15. The Morgan fingerprint density at radius 3 is 2.17 bits per heavy atom. The number of carbonyl (C=O) groups excluding carboxylic acids is 2. The van der Waals surface area contributed by atoms with Crippen LogP contribution in [0.15, 0.2) is 40.7 Å². The molecule has 0 aliphatic heterocycles. The van der Waals surface area contributed by atoms with Crippen molar-refractivity contribution in [3.8, 4) is 0 Å². The molecule has 0 aliphatic carbocycles. The standard InChI is InChI=1S/C17H19N5O6S/c1-27-15(23)7-9-21(10-8-16(24)28-2)13-5-3-12(4-6-13)19-20-17-18-11-14(29-17)22(25)26/h3-6,11H,7-10H2,1-2H3. The lowest BCUT2D eigenvalue weighted by Crippen LogP contribution is -2.29. The summed E-state index contributed by atoms with van der Waals surface area (Å²) in [6.07, 6.45) is 1.46. The van der Waals surface area contributed by atoms with Gasteiger partial charge in [0.1, 0.15) is 6.20 Å². The minimum atomic E-state index is -0.539. The molecule has 0 saturated carbocycles. The van der Waals surface area contributed by atoms with E-state index in [0.717, 1.165) is 23.2 Å². The molecule has 2 aromatic rings. The molecular formula is C17H19N5O6S. The second kappa shape index (κ2) is 10.8. The fourth-order valence-corrected chi connectivity index (χ4v) is 2.80. The minimum absolute atomic E-state index is 0.110. The Labute approximate surface area is 170 Å². The van der Waals surface area contributed by atoms with Crippen LogP contribution in [-0.4, -0.2) is 49.2 Å². The maximum Gasteiger partial charge on any atom is 0.345 e. The van der Waals surface area contributed by atoms with Crippen LogP contribution in [0.1, 0.15) is 12.8 Å². The second-order valence-electron chi connectivity index (χ2n) is 5.59. The van der Waals surface area contributed by atoms with Crippen LogP contribution in [0.3, 0.4) is 0 Å². The normalized spacial score (nSPS) is 10.7. The van der Waals surface area contributed by atoms with Gasteiger partial charge in [0.05, 0.1) is 37.7 Å². The van der Waals surface area contributed by atoms with E-state index in [1.807, 2.05) is 4.90 Å². The smallest absolute Gasteiger partial charge is 0.345 e. The number of aromatic nitrogens is 1. The predicted molar refractivity (Wildman–Crippen MR) is 105 cm³/mol. The summed E-state index contributed by atoms with van der Waals surface area (Å²) in [6.45, 7) is 0.737. The van der Waals surface area contributed by atoms with E-state index >= 15 is 0 Å². The third-order valence-electron chi connectivity index (χ3n) is 3.75. The molecule has 0 radical (unpaired) electrons. The van der Waals surface area contributed by atoms with Gasteiger partial charge in [-0.1, -0.05) is 0 Å². The van der Waals surface area contributed by atoms with E-state index in [4.69, 9.17) is 0 Å². The SMILES string of the molecule is COC(=O)CCN(CCC(=O)OC)c1ccc(N=Nc2ncc([N+](=O)[O-])s2)cc1. The molecule has 0 amide bonds. The number of thiazole rings is 1. The van der Waals surface area contributed by atoms with E-state index in [1.165, 1.54) is 14.2 Å². The molecule has 11 nitrogen and oxygen atoms in total. The van der Waals surface area contributed by atoms with Crippen molar-refractivity contribution < 1.29 is 24.0 Å². The number of methoxy groups -OCH3 is 2. The van der Waals surface area contributed by atoms with Gasteiger partial charge in [-0.05, 0) is 35.6 Å². The number of azo groups is 1. The topological polar surface area (TPSA) is 137 Å². The lowest BCUT2D eigenvalue weighted by Gasteiger charge is -2.24. The zero-order valence-corrected chi connectivity index (χ0v) is 16.6. The maximum atomic E-state index is 11.4. The lowest BCUT2D eigenvalue weighted by atomic mass is 10.2. The summed E-state index contributed by atoms with van der Waals surface area (Å²) in [7, 11) is 2.63. The Morgan fingerprint density at radius 2 is 1.69 bits per heavy atom. The van der Waals surface area contributed by atoms with Gasteiger partial charge in [-0.2, -0.15) is 0 Å². The summed E-state index contributed by atoms with van der Waals surface area (Å²) in [5, 5.41) is 18.6. The van der Waals surface area contributed by atoms with Crippen LogP contribution >= 0.6 is 11.3 Å². The predicted octanol–water partition coefficient (Wildman–Crippen LogP) is 3.40. The number of ether oxygens (including phenoxy) is 2. The fraction of sp³-hybridized carbons (Fsp3) is 0.353. The highest BCUT2D eigenvalue weighted by Gasteiger charge is 2.13. The second-order valence-corrected chi connectivity index (χ2v) is 6.58. The Bertz CT molecular complexity index is 863. The van der Waals surface area contributed by atoms with Crippen molar-refractivity contribution in [2.75, 3.05) is 32.2 Å². The van der Waals surface area contributed by atoms with Crippen molar-refractivity contribution in [3.63, 3.8) is 0 Å². The van der Waals surface area contributed by atoms with Crippen molar-refractivity contribution in [2.45, 2.75) is 12.8 Å². The number of hydrogen-bond acceptors (Lipinski definition) is 11. The summed E-state index contributed by atoms with van der Waals surface area (Å²) >= 11 is 0.825. The van der Waals surface area contributed by atoms with Crippen molar-refractivity contribution in [3.05, 3.63) is 40.6 Å². The number of nitro groups is 1. The van der Waals surface area contributed by atoms with E-state index in [1.54, 1.807) is 24.3 Å². The Morgan fingerprint density at radius 1 is 1.10 bits per heavy atom. The molecule has 0 bridgehead atoms. The van der Waals surface area contributed by atoms with E-state index in [9.17, 15) is 19.7 Å². The third kappa shape index (κ3) is 6.92. The number of hydrogen-bond donors (Lipinski definition) is 0. The number of benzene rings is 1. The summed E-state index contributed by atoms with van der Waals surface area (Å²) in [6, 6.07) is 6.94. The first kappa shape index (κ1) is 21.9. The van der Waals surface area contributed by atoms with Crippen LogP contribution in [0.4, 0.5) is 21.5 Å². The van der Waals surface area contributed by atoms with Crippen molar-refractivity contribution in [1.29, 1.82) is 0 Å². The molecule has 1 aromatic heterocycles. The summed E-state index contributed by atoms with van der Waals surface area (Å²) in [5.74, 6) is -0.702. The van der Waals surface area contributed by atoms with Gasteiger partial charge < -0.3 is 14.4 Å². The quantitative estimate of drug-likeness (QED) is 0.246.